The van der Waals surface area contributed by atoms with Gasteiger partial charge in [-0.05, 0) is 30.7 Å². The highest BCUT2D eigenvalue weighted by Crippen LogP contribution is 2.45. The molecule has 19 heavy (non-hydrogen) atoms. The van der Waals surface area contributed by atoms with Crippen molar-refractivity contribution in [3.8, 4) is 5.88 Å². The first kappa shape index (κ1) is 12.3. The Kier molecular flexibility index (Phi) is 2.66. The van der Waals surface area contributed by atoms with Crippen LogP contribution in [0.2, 0.25) is 0 Å². The molecule has 0 saturated heterocycles. The van der Waals surface area contributed by atoms with E-state index in [1.165, 1.54) is 6.42 Å². The normalized spacial score (nSPS) is 21.9. The van der Waals surface area contributed by atoms with E-state index in [1.54, 1.807) is 7.11 Å². The number of nitrogens with two attached hydrogens (primary N) is 1. The Labute approximate surface area is 112 Å². The Morgan fingerprint density at radius 2 is 2.16 bits per heavy atom. The van der Waals surface area contributed by atoms with Gasteiger partial charge in [-0.25, -0.2) is 4.98 Å². The molecule has 0 aromatic carbocycles. The number of fused-ring (bicyclic) bond motifs is 1. The van der Waals surface area contributed by atoms with Crippen molar-refractivity contribution in [2.24, 2.45) is 5.41 Å². The number of pyridine rings is 1. The van der Waals surface area contributed by atoms with E-state index in [-0.39, 0.29) is 0 Å². The van der Waals surface area contributed by atoms with Crippen LogP contribution in [0, 0.1) is 5.41 Å². The van der Waals surface area contributed by atoms with Gasteiger partial charge >= 0.3 is 0 Å². The van der Waals surface area contributed by atoms with Crippen LogP contribution < -0.4 is 10.5 Å². The van der Waals surface area contributed by atoms with Crippen molar-refractivity contribution in [1.29, 1.82) is 0 Å². The van der Waals surface area contributed by atoms with Gasteiger partial charge in [0.2, 0.25) is 11.8 Å². The zero-order valence-corrected chi connectivity index (χ0v) is 11.7. The first-order valence-electron chi connectivity index (χ1n) is 6.69. The van der Waals surface area contributed by atoms with Crippen LogP contribution in [0.4, 0.5) is 5.95 Å². The van der Waals surface area contributed by atoms with Crippen molar-refractivity contribution >= 4 is 17.1 Å². The third kappa shape index (κ3) is 2.03. The molecule has 1 unspecified atom stereocenters. The van der Waals surface area contributed by atoms with E-state index in [4.69, 9.17) is 10.5 Å². The Hall–Kier alpha value is -1.78. The molecule has 1 aliphatic rings. The molecule has 2 aromatic rings. The number of nitrogen functional groups attached to an aromatic ring is 1. The highest BCUT2D eigenvalue weighted by molar-refractivity contribution is 5.75. The molecule has 0 bridgehead atoms. The van der Waals surface area contributed by atoms with Gasteiger partial charge in [0, 0.05) is 12.1 Å². The summed E-state index contributed by atoms with van der Waals surface area (Å²) in [5.41, 5.74) is 8.12. The SMILES string of the molecule is COc1ccc2nc(N)n(C3CCC(C)(C)C3)c2n1. The number of anilines is 1. The van der Waals surface area contributed by atoms with Gasteiger partial charge in [0.05, 0.1) is 7.11 Å². The topological polar surface area (TPSA) is 66.0 Å². The Balaban J connectivity index is 2.09. The van der Waals surface area contributed by atoms with E-state index in [1.807, 2.05) is 12.1 Å². The third-order valence-electron chi connectivity index (χ3n) is 4.06. The van der Waals surface area contributed by atoms with Crippen molar-refractivity contribution in [2.75, 3.05) is 12.8 Å². The third-order valence-corrected chi connectivity index (χ3v) is 4.06. The highest BCUT2D eigenvalue weighted by atomic mass is 16.5. The van der Waals surface area contributed by atoms with Gasteiger partial charge in [0.25, 0.3) is 0 Å². The summed E-state index contributed by atoms with van der Waals surface area (Å²) in [6, 6.07) is 4.12. The maximum Gasteiger partial charge on any atom is 0.215 e. The van der Waals surface area contributed by atoms with Crippen molar-refractivity contribution in [3.63, 3.8) is 0 Å². The first-order valence-corrected chi connectivity index (χ1v) is 6.69. The maximum atomic E-state index is 6.08. The predicted octanol–water partition coefficient (Wildman–Crippen LogP) is 2.77. The molecule has 0 radical (unpaired) electrons. The van der Waals surface area contributed by atoms with Crippen LogP contribution in [0.3, 0.4) is 0 Å². The van der Waals surface area contributed by atoms with Crippen LogP contribution >= 0.6 is 0 Å². The minimum atomic E-state index is 0.368. The summed E-state index contributed by atoms with van der Waals surface area (Å²) in [6.07, 6.45) is 3.45. The number of rotatable bonds is 2. The second-order valence-electron chi connectivity index (χ2n) is 6.10. The smallest absolute Gasteiger partial charge is 0.215 e. The Bertz CT molecular complexity index is 617. The second-order valence-corrected chi connectivity index (χ2v) is 6.10. The molecular formula is C14H20N4O. The molecule has 1 atom stereocenters. The standard InChI is InChI=1S/C14H20N4O/c1-14(2)7-6-9(8-14)18-12-10(16-13(18)15)4-5-11(17-12)19-3/h4-5,9H,6-8H2,1-3H3,(H2,15,16). The minimum absolute atomic E-state index is 0.368. The minimum Gasteiger partial charge on any atom is -0.481 e. The Morgan fingerprint density at radius 1 is 1.37 bits per heavy atom. The average Bonchev–Trinajstić information content (AvgIpc) is 2.87. The van der Waals surface area contributed by atoms with E-state index in [9.17, 15) is 0 Å². The number of methoxy groups -OCH3 is 1. The highest BCUT2D eigenvalue weighted by Gasteiger charge is 2.33. The van der Waals surface area contributed by atoms with E-state index in [0.717, 1.165) is 24.0 Å². The lowest BCUT2D eigenvalue weighted by Crippen LogP contribution is -2.12. The van der Waals surface area contributed by atoms with Gasteiger partial charge in [0.1, 0.15) is 5.52 Å². The van der Waals surface area contributed by atoms with Crippen LogP contribution in [0.1, 0.15) is 39.2 Å². The van der Waals surface area contributed by atoms with Gasteiger partial charge in [0.15, 0.2) is 5.65 Å². The van der Waals surface area contributed by atoms with E-state index >= 15 is 0 Å². The molecule has 0 amide bonds. The van der Waals surface area contributed by atoms with Gasteiger partial charge in [-0.1, -0.05) is 13.8 Å². The van der Waals surface area contributed by atoms with Gasteiger partial charge in [-0.15, -0.1) is 0 Å². The molecule has 1 fully saturated rings. The largest absolute Gasteiger partial charge is 0.481 e. The fourth-order valence-electron chi connectivity index (χ4n) is 3.07. The summed E-state index contributed by atoms with van der Waals surface area (Å²) >= 11 is 0. The lowest BCUT2D eigenvalue weighted by atomic mass is 9.92. The van der Waals surface area contributed by atoms with Crippen molar-refractivity contribution < 1.29 is 4.74 Å². The summed E-state index contributed by atoms with van der Waals surface area (Å²) in [5.74, 6) is 1.16. The number of aromatic nitrogens is 3. The first-order chi connectivity index (χ1) is 9.00. The lowest BCUT2D eigenvalue weighted by Gasteiger charge is -2.18. The van der Waals surface area contributed by atoms with Crippen molar-refractivity contribution in [1.82, 2.24) is 14.5 Å². The molecule has 2 N–H and O–H groups in total. The predicted molar refractivity (Wildman–Crippen MR) is 75.2 cm³/mol. The number of hydrogen-bond donors (Lipinski definition) is 1. The van der Waals surface area contributed by atoms with Crippen LogP contribution in [-0.2, 0) is 0 Å². The summed E-state index contributed by atoms with van der Waals surface area (Å²) in [4.78, 5) is 8.91. The summed E-state index contributed by atoms with van der Waals surface area (Å²) in [7, 11) is 1.62. The molecule has 1 aliphatic carbocycles. The molecule has 2 heterocycles. The quantitative estimate of drug-likeness (QED) is 0.901. The van der Waals surface area contributed by atoms with Gasteiger partial charge in [-0.3, -0.25) is 4.57 Å². The number of nitrogens with zero attached hydrogens (tertiary/aromatic N) is 3. The van der Waals surface area contributed by atoms with Gasteiger partial charge in [-0.2, -0.15) is 4.98 Å². The summed E-state index contributed by atoms with van der Waals surface area (Å²) in [6.45, 7) is 4.60. The zero-order valence-electron chi connectivity index (χ0n) is 11.7. The zero-order chi connectivity index (χ0) is 13.6. The molecule has 0 spiro atoms. The van der Waals surface area contributed by atoms with Gasteiger partial charge < -0.3 is 10.5 Å². The average molecular weight is 260 g/mol. The van der Waals surface area contributed by atoms with Crippen molar-refractivity contribution in [2.45, 2.75) is 39.2 Å². The summed E-state index contributed by atoms with van der Waals surface area (Å²) < 4.78 is 7.27. The molecule has 2 aromatic heterocycles. The second kappa shape index (κ2) is 4.11. The van der Waals surface area contributed by atoms with Crippen molar-refractivity contribution in [3.05, 3.63) is 12.1 Å². The molecule has 5 heteroatoms. The van der Waals surface area contributed by atoms with Crippen LogP contribution in [-0.4, -0.2) is 21.6 Å². The number of imidazole rings is 1. The molecule has 3 rings (SSSR count). The molecule has 1 saturated carbocycles. The van der Waals surface area contributed by atoms with E-state index < -0.39 is 0 Å². The molecular weight excluding hydrogens is 240 g/mol. The molecule has 0 aliphatic heterocycles. The summed E-state index contributed by atoms with van der Waals surface area (Å²) in [5, 5.41) is 0. The van der Waals surface area contributed by atoms with Crippen LogP contribution in [0.15, 0.2) is 12.1 Å². The molecule has 102 valence electrons. The molecule has 5 nitrogen and oxygen atoms in total. The number of ether oxygens (including phenoxy) is 1. The fraction of sp³-hybridized carbons (Fsp3) is 0.571. The van der Waals surface area contributed by atoms with Crippen LogP contribution in [0.25, 0.3) is 11.2 Å². The number of hydrogen-bond acceptors (Lipinski definition) is 4. The monoisotopic (exact) mass is 260 g/mol. The van der Waals surface area contributed by atoms with Crippen LogP contribution in [0.5, 0.6) is 5.88 Å². The Morgan fingerprint density at radius 3 is 2.79 bits per heavy atom. The fourth-order valence-corrected chi connectivity index (χ4v) is 3.07. The lowest BCUT2D eigenvalue weighted by molar-refractivity contribution is 0.361. The van der Waals surface area contributed by atoms with E-state index in [2.05, 4.69) is 28.4 Å². The maximum absolute atomic E-state index is 6.08. The van der Waals surface area contributed by atoms with E-state index in [0.29, 0.717) is 23.3 Å².